The quantitative estimate of drug-likeness (QED) is 0.771. The largest absolute Gasteiger partial charge is 0.472 e. The summed E-state index contributed by atoms with van der Waals surface area (Å²) >= 11 is 3.40. The van der Waals surface area contributed by atoms with E-state index in [4.69, 9.17) is 4.74 Å². The maximum atomic E-state index is 12.5. The number of aromatic nitrogens is 3. The van der Waals surface area contributed by atoms with Gasteiger partial charge in [0.2, 0.25) is 11.8 Å². The van der Waals surface area contributed by atoms with Gasteiger partial charge in [0.05, 0.1) is 17.3 Å². The molecule has 0 bridgehead atoms. The van der Waals surface area contributed by atoms with Gasteiger partial charge in [-0.1, -0.05) is 0 Å². The Labute approximate surface area is 153 Å². The fourth-order valence-electron chi connectivity index (χ4n) is 2.70. The molecule has 0 radical (unpaired) electrons. The van der Waals surface area contributed by atoms with Gasteiger partial charge in [0.15, 0.2) is 0 Å². The van der Waals surface area contributed by atoms with Crippen molar-refractivity contribution in [1.82, 2.24) is 19.4 Å². The molecule has 0 aromatic carbocycles. The molecule has 0 spiro atoms. The van der Waals surface area contributed by atoms with Crippen LogP contribution in [0.25, 0.3) is 0 Å². The molecule has 2 aromatic rings. The molecule has 1 fully saturated rings. The minimum atomic E-state index is -0.176. The molecule has 7 nitrogen and oxygen atoms in total. The molecule has 2 aromatic heterocycles. The van der Waals surface area contributed by atoms with E-state index in [-0.39, 0.29) is 24.1 Å². The zero-order valence-electron chi connectivity index (χ0n) is 14.1. The highest BCUT2D eigenvalue weighted by Crippen LogP contribution is 2.24. The fraction of sp³-hybridized carbons (Fsp3) is 0.412. The number of likely N-dealkylation sites (tertiary alicyclic amines) is 1. The number of hydrogen-bond donors (Lipinski definition) is 0. The van der Waals surface area contributed by atoms with Crippen LogP contribution in [0.3, 0.4) is 0 Å². The highest BCUT2D eigenvalue weighted by molar-refractivity contribution is 9.10. The van der Waals surface area contributed by atoms with Crippen molar-refractivity contribution in [3.8, 4) is 5.88 Å². The van der Waals surface area contributed by atoms with Crippen LogP contribution in [0.2, 0.25) is 0 Å². The third kappa shape index (κ3) is 3.89. The highest BCUT2D eigenvalue weighted by Gasteiger charge is 2.28. The number of halogens is 1. The van der Waals surface area contributed by atoms with Crippen molar-refractivity contribution in [2.45, 2.75) is 32.9 Å². The zero-order valence-corrected chi connectivity index (χ0v) is 15.7. The Kier molecular flexibility index (Phi) is 5.17. The van der Waals surface area contributed by atoms with Crippen molar-refractivity contribution in [3.63, 3.8) is 0 Å². The lowest BCUT2D eigenvalue weighted by molar-refractivity contribution is -0.131. The molecule has 1 aliphatic rings. The van der Waals surface area contributed by atoms with E-state index in [9.17, 15) is 9.59 Å². The van der Waals surface area contributed by atoms with E-state index in [0.29, 0.717) is 30.2 Å². The monoisotopic (exact) mass is 406 g/mol. The SMILES string of the molecule is Cc1ncn(CC(=O)N2CCC(Oc3ncccc3Br)C2)c(=O)c1C. The van der Waals surface area contributed by atoms with Gasteiger partial charge in [0.25, 0.3) is 5.56 Å². The molecule has 0 aliphatic carbocycles. The average Bonchev–Trinajstić information content (AvgIpc) is 3.06. The first-order chi connectivity index (χ1) is 12.0. The number of aryl methyl sites for hydroxylation is 1. The van der Waals surface area contributed by atoms with Crippen molar-refractivity contribution in [2.75, 3.05) is 13.1 Å². The highest BCUT2D eigenvalue weighted by atomic mass is 79.9. The van der Waals surface area contributed by atoms with E-state index in [1.54, 1.807) is 24.9 Å². The smallest absolute Gasteiger partial charge is 0.256 e. The van der Waals surface area contributed by atoms with Crippen LogP contribution in [0.1, 0.15) is 17.7 Å². The van der Waals surface area contributed by atoms with Crippen molar-refractivity contribution < 1.29 is 9.53 Å². The standard InChI is InChI=1S/C17H19BrN4O3/c1-11-12(2)20-10-22(17(11)24)9-15(23)21-7-5-13(8-21)25-16-14(18)4-3-6-19-16/h3-4,6,10,13H,5,7-9H2,1-2H3. The Bertz CT molecular complexity index is 852. The van der Waals surface area contributed by atoms with E-state index in [1.807, 2.05) is 12.1 Å². The van der Waals surface area contributed by atoms with Gasteiger partial charge >= 0.3 is 0 Å². The first-order valence-corrected chi connectivity index (χ1v) is 8.82. The number of nitrogens with zero attached hydrogens (tertiary/aromatic N) is 4. The van der Waals surface area contributed by atoms with Crippen LogP contribution in [0.5, 0.6) is 5.88 Å². The number of rotatable bonds is 4. The van der Waals surface area contributed by atoms with Crippen LogP contribution in [0.4, 0.5) is 0 Å². The zero-order chi connectivity index (χ0) is 18.0. The molecule has 3 rings (SSSR count). The molecule has 1 atom stereocenters. The van der Waals surface area contributed by atoms with Crippen LogP contribution in [-0.2, 0) is 11.3 Å². The molecule has 1 aliphatic heterocycles. The van der Waals surface area contributed by atoms with Gasteiger partial charge in [-0.3, -0.25) is 14.2 Å². The Hall–Kier alpha value is -2.22. The summed E-state index contributed by atoms with van der Waals surface area (Å²) < 4.78 is 8.00. The van der Waals surface area contributed by atoms with Crippen LogP contribution in [0.15, 0.2) is 33.9 Å². The number of carbonyl (C=O) groups excluding carboxylic acids is 1. The first kappa shape index (κ1) is 17.6. The number of ether oxygens (including phenoxy) is 1. The summed E-state index contributed by atoms with van der Waals surface area (Å²) in [6.07, 6.45) is 3.72. The second kappa shape index (κ2) is 7.35. The van der Waals surface area contributed by atoms with Crippen LogP contribution in [0, 0.1) is 13.8 Å². The second-order valence-corrected chi connectivity index (χ2v) is 6.90. The summed E-state index contributed by atoms with van der Waals surface area (Å²) in [5.41, 5.74) is 1.08. The van der Waals surface area contributed by atoms with Crippen LogP contribution >= 0.6 is 15.9 Å². The van der Waals surface area contributed by atoms with E-state index in [1.165, 1.54) is 10.9 Å². The molecule has 0 saturated carbocycles. The van der Waals surface area contributed by atoms with Crippen molar-refractivity contribution in [1.29, 1.82) is 0 Å². The topological polar surface area (TPSA) is 77.3 Å². The minimum Gasteiger partial charge on any atom is -0.472 e. The summed E-state index contributed by atoms with van der Waals surface area (Å²) in [4.78, 5) is 34.7. The molecule has 1 saturated heterocycles. The lowest BCUT2D eigenvalue weighted by Gasteiger charge is -2.18. The first-order valence-electron chi connectivity index (χ1n) is 8.03. The Morgan fingerprint density at radius 3 is 2.96 bits per heavy atom. The van der Waals surface area contributed by atoms with Crippen molar-refractivity contribution in [2.24, 2.45) is 0 Å². The summed E-state index contributed by atoms with van der Waals surface area (Å²) in [5, 5.41) is 0. The van der Waals surface area contributed by atoms with Crippen LogP contribution < -0.4 is 10.3 Å². The fourth-order valence-corrected chi connectivity index (χ4v) is 3.05. The normalized spacial score (nSPS) is 16.9. The second-order valence-electron chi connectivity index (χ2n) is 6.05. The molecule has 132 valence electrons. The van der Waals surface area contributed by atoms with E-state index in [2.05, 4.69) is 25.9 Å². The lowest BCUT2D eigenvalue weighted by atomic mass is 10.3. The molecule has 8 heteroatoms. The van der Waals surface area contributed by atoms with Gasteiger partial charge in [-0.2, -0.15) is 0 Å². The maximum Gasteiger partial charge on any atom is 0.256 e. The lowest BCUT2D eigenvalue weighted by Crippen LogP contribution is -2.37. The van der Waals surface area contributed by atoms with Crippen molar-refractivity contribution in [3.05, 3.63) is 50.7 Å². The number of amides is 1. The molecule has 3 heterocycles. The minimum absolute atomic E-state index is 0.00699. The average molecular weight is 407 g/mol. The maximum absolute atomic E-state index is 12.5. The van der Waals surface area contributed by atoms with Gasteiger partial charge in [-0.05, 0) is 41.9 Å². The van der Waals surface area contributed by atoms with Gasteiger partial charge < -0.3 is 9.64 Å². The summed E-state index contributed by atoms with van der Waals surface area (Å²) in [7, 11) is 0. The third-order valence-electron chi connectivity index (χ3n) is 4.32. The molecule has 1 unspecified atom stereocenters. The molecular weight excluding hydrogens is 388 g/mol. The summed E-state index contributed by atoms with van der Waals surface area (Å²) in [6, 6.07) is 3.68. The molecular formula is C17H19BrN4O3. The van der Waals surface area contributed by atoms with E-state index >= 15 is 0 Å². The van der Waals surface area contributed by atoms with Gasteiger partial charge in [-0.25, -0.2) is 9.97 Å². The third-order valence-corrected chi connectivity index (χ3v) is 4.92. The predicted octanol–water partition coefficient (Wildman–Crippen LogP) is 1.70. The molecule has 1 amide bonds. The Balaban J connectivity index is 1.62. The summed E-state index contributed by atoms with van der Waals surface area (Å²) in [6.45, 7) is 4.57. The number of hydrogen-bond acceptors (Lipinski definition) is 5. The summed E-state index contributed by atoms with van der Waals surface area (Å²) in [5.74, 6) is 0.412. The van der Waals surface area contributed by atoms with E-state index < -0.39 is 0 Å². The predicted molar refractivity (Wildman–Crippen MR) is 95.5 cm³/mol. The van der Waals surface area contributed by atoms with Gasteiger partial charge in [-0.15, -0.1) is 0 Å². The number of carbonyl (C=O) groups is 1. The Morgan fingerprint density at radius 1 is 1.40 bits per heavy atom. The van der Waals surface area contributed by atoms with Crippen LogP contribution in [-0.4, -0.2) is 44.5 Å². The van der Waals surface area contributed by atoms with E-state index in [0.717, 1.165) is 10.9 Å². The van der Waals surface area contributed by atoms with Crippen molar-refractivity contribution >= 4 is 21.8 Å². The van der Waals surface area contributed by atoms with Gasteiger partial charge in [0, 0.05) is 30.4 Å². The Morgan fingerprint density at radius 2 is 2.20 bits per heavy atom. The van der Waals surface area contributed by atoms with Gasteiger partial charge in [0.1, 0.15) is 12.6 Å². The number of pyridine rings is 1. The molecule has 25 heavy (non-hydrogen) atoms. The molecule has 0 N–H and O–H groups in total.